The molecule has 0 aliphatic carbocycles. The molecule has 3 rings (SSSR count). The monoisotopic (exact) mass is 373 g/mol. The van der Waals surface area contributed by atoms with Crippen LogP contribution in [0, 0.1) is 5.82 Å². The zero-order chi connectivity index (χ0) is 18.7. The molecule has 0 unspecified atom stereocenters. The highest BCUT2D eigenvalue weighted by Crippen LogP contribution is 2.40. The molecule has 0 fully saturated rings. The summed E-state index contributed by atoms with van der Waals surface area (Å²) in [4.78, 5) is 27.2. The van der Waals surface area contributed by atoms with Crippen LogP contribution in [-0.2, 0) is 19.1 Å². The zero-order valence-corrected chi connectivity index (χ0v) is 15.0. The first-order chi connectivity index (χ1) is 12.5. The Kier molecular flexibility index (Phi) is 5.18. The van der Waals surface area contributed by atoms with E-state index in [9.17, 15) is 14.0 Å². The lowest BCUT2D eigenvalue weighted by Gasteiger charge is -2.29. The largest absolute Gasteiger partial charge is 0.466 e. The highest BCUT2D eigenvalue weighted by molar-refractivity contribution is 7.10. The predicted octanol–water partition coefficient (Wildman–Crippen LogP) is 3.60. The molecule has 26 heavy (non-hydrogen) atoms. The Labute approximate surface area is 154 Å². The number of thiophene rings is 1. The second-order valence-electron chi connectivity index (χ2n) is 5.48. The number of esters is 2. The van der Waals surface area contributed by atoms with Crippen LogP contribution in [0.25, 0.3) is 0 Å². The van der Waals surface area contributed by atoms with Crippen molar-refractivity contribution in [3.63, 3.8) is 0 Å². The summed E-state index contributed by atoms with van der Waals surface area (Å²) in [5.74, 6) is -2.07. The number of ether oxygens (including phenoxy) is 2. The number of benzene rings is 1. The highest BCUT2D eigenvalue weighted by atomic mass is 32.1. The number of carbonyl (C=O) groups excluding carboxylic acids is 2. The third kappa shape index (κ3) is 3.39. The number of halogens is 1. The van der Waals surface area contributed by atoms with Crippen molar-refractivity contribution in [2.45, 2.75) is 5.92 Å². The Morgan fingerprint density at radius 3 is 2.04 bits per heavy atom. The minimum Gasteiger partial charge on any atom is -0.466 e. The van der Waals surface area contributed by atoms with Gasteiger partial charge in [-0.2, -0.15) is 0 Å². The molecular weight excluding hydrogens is 357 g/mol. The van der Waals surface area contributed by atoms with Gasteiger partial charge in [-0.25, -0.2) is 14.0 Å². The van der Waals surface area contributed by atoms with Crippen molar-refractivity contribution in [1.82, 2.24) is 0 Å². The van der Waals surface area contributed by atoms with Gasteiger partial charge in [-0.05, 0) is 35.7 Å². The SMILES string of the molecule is COC(=O)C1=CN(c2ccc(F)cc2)C=C(C(=O)OC)C1c1cccs1. The van der Waals surface area contributed by atoms with Gasteiger partial charge >= 0.3 is 11.9 Å². The molecule has 1 aliphatic heterocycles. The van der Waals surface area contributed by atoms with E-state index in [1.807, 2.05) is 17.5 Å². The van der Waals surface area contributed by atoms with Crippen LogP contribution < -0.4 is 4.90 Å². The summed E-state index contributed by atoms with van der Waals surface area (Å²) in [6, 6.07) is 9.40. The first-order valence-corrected chi connectivity index (χ1v) is 8.60. The summed E-state index contributed by atoms with van der Waals surface area (Å²) in [7, 11) is 2.57. The summed E-state index contributed by atoms with van der Waals surface area (Å²) in [5.41, 5.74) is 1.18. The van der Waals surface area contributed by atoms with Crippen LogP contribution in [0.3, 0.4) is 0 Å². The Balaban J connectivity index is 2.14. The van der Waals surface area contributed by atoms with Crippen molar-refractivity contribution < 1.29 is 23.5 Å². The Morgan fingerprint density at radius 2 is 1.58 bits per heavy atom. The molecule has 1 aromatic carbocycles. The first kappa shape index (κ1) is 17.9. The average Bonchev–Trinajstić information content (AvgIpc) is 3.20. The van der Waals surface area contributed by atoms with Crippen molar-refractivity contribution >= 4 is 29.0 Å². The van der Waals surface area contributed by atoms with Gasteiger partial charge in [0.25, 0.3) is 0 Å². The number of methoxy groups -OCH3 is 2. The van der Waals surface area contributed by atoms with Gasteiger partial charge in [-0.15, -0.1) is 11.3 Å². The second kappa shape index (κ2) is 7.53. The topological polar surface area (TPSA) is 55.8 Å². The second-order valence-corrected chi connectivity index (χ2v) is 6.46. The van der Waals surface area contributed by atoms with E-state index in [0.29, 0.717) is 16.8 Å². The van der Waals surface area contributed by atoms with Gasteiger partial charge in [0.05, 0.1) is 31.3 Å². The summed E-state index contributed by atoms with van der Waals surface area (Å²) in [6.07, 6.45) is 3.19. The normalized spacial score (nSPS) is 14.5. The van der Waals surface area contributed by atoms with E-state index in [-0.39, 0.29) is 5.82 Å². The van der Waals surface area contributed by atoms with Crippen LogP contribution in [-0.4, -0.2) is 26.2 Å². The summed E-state index contributed by atoms with van der Waals surface area (Å²) < 4.78 is 23.1. The molecule has 0 bridgehead atoms. The maximum absolute atomic E-state index is 13.2. The smallest absolute Gasteiger partial charge is 0.336 e. The molecule has 0 saturated heterocycles. The van der Waals surface area contributed by atoms with E-state index in [2.05, 4.69) is 0 Å². The molecular formula is C19H16FNO4S. The lowest BCUT2D eigenvalue weighted by molar-refractivity contribution is -0.137. The van der Waals surface area contributed by atoms with Crippen molar-refractivity contribution in [2.75, 3.05) is 19.1 Å². The third-order valence-electron chi connectivity index (χ3n) is 3.97. The van der Waals surface area contributed by atoms with Crippen LogP contribution in [0.15, 0.2) is 65.3 Å². The lowest BCUT2D eigenvalue weighted by atomic mass is 9.88. The van der Waals surface area contributed by atoms with Crippen LogP contribution in [0.5, 0.6) is 0 Å². The highest BCUT2D eigenvalue weighted by Gasteiger charge is 2.36. The van der Waals surface area contributed by atoms with Crippen molar-refractivity contribution in [1.29, 1.82) is 0 Å². The molecule has 0 saturated carbocycles. The molecule has 7 heteroatoms. The van der Waals surface area contributed by atoms with E-state index in [1.54, 1.807) is 29.4 Å². The van der Waals surface area contributed by atoms with Crippen molar-refractivity contribution in [3.05, 3.63) is 76.0 Å². The number of rotatable bonds is 4. The fourth-order valence-corrected chi connectivity index (χ4v) is 3.62. The fraction of sp³-hybridized carbons (Fsp3) is 0.158. The fourth-order valence-electron chi connectivity index (χ4n) is 2.75. The van der Waals surface area contributed by atoms with Crippen LogP contribution in [0.4, 0.5) is 10.1 Å². The molecule has 0 atom stereocenters. The Morgan fingerprint density at radius 1 is 1.00 bits per heavy atom. The van der Waals surface area contributed by atoms with Crippen molar-refractivity contribution in [3.8, 4) is 0 Å². The van der Waals surface area contributed by atoms with E-state index >= 15 is 0 Å². The van der Waals surface area contributed by atoms with E-state index in [1.165, 1.54) is 37.7 Å². The molecule has 0 spiro atoms. The molecule has 0 N–H and O–H groups in total. The predicted molar refractivity (Wildman–Crippen MR) is 96.1 cm³/mol. The van der Waals surface area contributed by atoms with E-state index in [4.69, 9.17) is 9.47 Å². The number of carbonyl (C=O) groups is 2. The summed E-state index contributed by atoms with van der Waals surface area (Å²) >= 11 is 1.43. The Bertz CT molecular complexity index is 837. The quantitative estimate of drug-likeness (QED) is 0.767. The summed E-state index contributed by atoms with van der Waals surface area (Å²) in [5, 5.41) is 1.87. The molecule has 2 heterocycles. The number of anilines is 1. The number of hydrogen-bond donors (Lipinski definition) is 0. The van der Waals surface area contributed by atoms with Crippen LogP contribution >= 0.6 is 11.3 Å². The third-order valence-corrected chi connectivity index (χ3v) is 4.91. The standard InChI is InChI=1S/C19H16FNO4S/c1-24-18(22)14-10-21(13-7-5-12(20)6-8-13)11-15(19(23)25-2)17(14)16-4-3-9-26-16/h3-11,17H,1-2H3. The minimum absolute atomic E-state index is 0.294. The molecule has 1 aliphatic rings. The number of hydrogen-bond acceptors (Lipinski definition) is 6. The first-order valence-electron chi connectivity index (χ1n) is 7.72. The zero-order valence-electron chi connectivity index (χ0n) is 14.1. The minimum atomic E-state index is -0.591. The number of nitrogens with zero attached hydrogens (tertiary/aromatic N) is 1. The molecule has 5 nitrogen and oxygen atoms in total. The molecule has 1 aromatic heterocycles. The lowest BCUT2D eigenvalue weighted by Crippen LogP contribution is -2.28. The van der Waals surface area contributed by atoms with Gasteiger partial charge in [0.1, 0.15) is 5.82 Å². The maximum Gasteiger partial charge on any atom is 0.336 e. The van der Waals surface area contributed by atoms with Crippen LogP contribution in [0.2, 0.25) is 0 Å². The van der Waals surface area contributed by atoms with Crippen LogP contribution in [0.1, 0.15) is 10.8 Å². The molecule has 134 valence electrons. The molecule has 0 radical (unpaired) electrons. The van der Waals surface area contributed by atoms with Gasteiger partial charge in [-0.3, -0.25) is 0 Å². The van der Waals surface area contributed by atoms with E-state index in [0.717, 1.165) is 4.88 Å². The summed E-state index contributed by atoms with van der Waals surface area (Å²) in [6.45, 7) is 0. The van der Waals surface area contributed by atoms with Gasteiger partial charge in [0, 0.05) is 23.0 Å². The Hall–Kier alpha value is -2.93. The maximum atomic E-state index is 13.2. The molecule has 2 aromatic rings. The van der Waals surface area contributed by atoms with Gasteiger partial charge < -0.3 is 14.4 Å². The van der Waals surface area contributed by atoms with Gasteiger partial charge in [0.15, 0.2) is 0 Å². The van der Waals surface area contributed by atoms with Gasteiger partial charge in [0.2, 0.25) is 0 Å². The molecule has 0 amide bonds. The average molecular weight is 373 g/mol. The van der Waals surface area contributed by atoms with Gasteiger partial charge in [-0.1, -0.05) is 6.07 Å². The van der Waals surface area contributed by atoms with E-state index < -0.39 is 17.9 Å². The van der Waals surface area contributed by atoms with Crippen molar-refractivity contribution in [2.24, 2.45) is 0 Å².